The number of hydrogen-bond acceptors (Lipinski definition) is 3. The third kappa shape index (κ3) is 7.12. The highest BCUT2D eigenvalue weighted by atomic mass is 127. The highest BCUT2D eigenvalue weighted by Crippen LogP contribution is 2.18. The zero-order valence-electron chi connectivity index (χ0n) is 15.6. The van der Waals surface area contributed by atoms with E-state index in [0.717, 1.165) is 61.9 Å². The van der Waals surface area contributed by atoms with Crippen LogP contribution in [0.4, 0.5) is 0 Å². The van der Waals surface area contributed by atoms with Crippen molar-refractivity contribution in [2.45, 2.75) is 19.4 Å². The van der Waals surface area contributed by atoms with Gasteiger partial charge in [-0.2, -0.15) is 0 Å². The molecular formula is C20H27BrIN3O2. The molecule has 1 aliphatic heterocycles. The maximum Gasteiger partial charge on any atom is 0.193 e. The fraction of sp³-hybridized carbons (Fsp3) is 0.450. The van der Waals surface area contributed by atoms with E-state index in [1.807, 2.05) is 18.2 Å². The van der Waals surface area contributed by atoms with E-state index < -0.39 is 0 Å². The topological polar surface area (TPSA) is 50.0 Å². The molecule has 1 aromatic carbocycles. The predicted octanol–water partition coefficient (Wildman–Crippen LogP) is 4.32. The van der Waals surface area contributed by atoms with Gasteiger partial charge in [-0.25, -0.2) is 0 Å². The van der Waals surface area contributed by atoms with Gasteiger partial charge in [-0.3, -0.25) is 4.99 Å². The molecule has 1 saturated heterocycles. The molecule has 1 aromatic heterocycles. The van der Waals surface area contributed by atoms with Crippen LogP contribution in [0.5, 0.6) is 0 Å². The summed E-state index contributed by atoms with van der Waals surface area (Å²) in [4.78, 5) is 7.02. The number of rotatable bonds is 7. The molecule has 0 bridgehead atoms. The first-order valence-corrected chi connectivity index (χ1v) is 9.84. The molecular weight excluding hydrogens is 521 g/mol. The molecule has 5 nitrogen and oxygen atoms in total. The highest BCUT2D eigenvalue weighted by Gasteiger charge is 2.16. The van der Waals surface area contributed by atoms with E-state index in [4.69, 9.17) is 14.1 Å². The predicted molar refractivity (Wildman–Crippen MR) is 123 cm³/mol. The van der Waals surface area contributed by atoms with Crippen LogP contribution in [0, 0.1) is 5.92 Å². The van der Waals surface area contributed by atoms with Crippen molar-refractivity contribution in [2.24, 2.45) is 10.9 Å². The molecule has 2 heterocycles. The van der Waals surface area contributed by atoms with Gasteiger partial charge in [0, 0.05) is 50.1 Å². The van der Waals surface area contributed by atoms with Crippen molar-refractivity contribution in [3.8, 4) is 0 Å². The third-order valence-electron chi connectivity index (χ3n) is 4.48. The van der Waals surface area contributed by atoms with Gasteiger partial charge in [0.05, 0.1) is 12.9 Å². The molecule has 27 heavy (non-hydrogen) atoms. The first-order valence-electron chi connectivity index (χ1n) is 9.05. The second-order valence-electron chi connectivity index (χ2n) is 6.60. The van der Waals surface area contributed by atoms with Crippen molar-refractivity contribution < 1.29 is 9.15 Å². The largest absolute Gasteiger partial charge is 0.469 e. The number of aliphatic imine (C=N–C) groups is 1. The minimum atomic E-state index is 0. The molecule has 7 heteroatoms. The van der Waals surface area contributed by atoms with Gasteiger partial charge in [0.15, 0.2) is 5.96 Å². The molecule has 2 aromatic rings. The standard InChI is InChI=1S/C20H26BrN3O2.HI/c1-24(14-17-5-2-3-7-19(17)21)20(23-13-16-9-12-25-15-16)22-10-8-18-6-4-11-26-18;/h2-7,11,16H,8-10,12-15H2,1H3,(H,22,23);1H. The van der Waals surface area contributed by atoms with Crippen LogP contribution in [0.15, 0.2) is 56.5 Å². The summed E-state index contributed by atoms with van der Waals surface area (Å²) in [5.41, 5.74) is 1.24. The maximum absolute atomic E-state index is 5.47. The first kappa shape index (κ1) is 22.2. The normalized spacial score (nSPS) is 16.8. The molecule has 148 valence electrons. The van der Waals surface area contributed by atoms with E-state index in [2.05, 4.69) is 51.4 Å². The summed E-state index contributed by atoms with van der Waals surface area (Å²) >= 11 is 3.63. The van der Waals surface area contributed by atoms with E-state index >= 15 is 0 Å². The van der Waals surface area contributed by atoms with Crippen LogP contribution in [0.3, 0.4) is 0 Å². The van der Waals surface area contributed by atoms with Crippen molar-refractivity contribution in [1.29, 1.82) is 0 Å². The fourth-order valence-electron chi connectivity index (χ4n) is 2.96. The lowest BCUT2D eigenvalue weighted by Gasteiger charge is -2.23. The summed E-state index contributed by atoms with van der Waals surface area (Å²) in [5, 5.41) is 3.48. The monoisotopic (exact) mass is 547 g/mol. The molecule has 0 aliphatic carbocycles. The van der Waals surface area contributed by atoms with Gasteiger partial charge in [0.2, 0.25) is 0 Å². The molecule has 3 rings (SSSR count). The van der Waals surface area contributed by atoms with Crippen molar-refractivity contribution in [3.05, 3.63) is 58.5 Å². The van der Waals surface area contributed by atoms with Gasteiger partial charge in [-0.05, 0) is 30.2 Å². The lowest BCUT2D eigenvalue weighted by molar-refractivity contribution is 0.187. The van der Waals surface area contributed by atoms with Crippen molar-refractivity contribution >= 4 is 45.9 Å². The van der Waals surface area contributed by atoms with Crippen LogP contribution in [-0.4, -0.2) is 44.2 Å². The number of ether oxygens (including phenoxy) is 1. The number of hydrogen-bond donors (Lipinski definition) is 1. The quantitative estimate of drug-likeness (QED) is 0.319. The lowest BCUT2D eigenvalue weighted by atomic mass is 10.1. The SMILES string of the molecule is CN(Cc1ccccc1Br)C(=NCC1CCOC1)NCCc1ccco1.I. The summed E-state index contributed by atoms with van der Waals surface area (Å²) in [6, 6.07) is 12.2. The zero-order chi connectivity index (χ0) is 18.2. The van der Waals surface area contributed by atoms with Gasteiger partial charge in [-0.1, -0.05) is 34.1 Å². The van der Waals surface area contributed by atoms with E-state index in [1.54, 1.807) is 6.26 Å². The Morgan fingerprint density at radius 2 is 2.15 bits per heavy atom. The Hall–Kier alpha value is -1.06. The average Bonchev–Trinajstić information content (AvgIpc) is 3.33. The molecule has 1 fully saturated rings. The van der Waals surface area contributed by atoms with Crippen molar-refractivity contribution in [2.75, 3.05) is 33.4 Å². The number of guanidine groups is 1. The number of benzene rings is 1. The Morgan fingerprint density at radius 1 is 1.30 bits per heavy atom. The molecule has 0 saturated carbocycles. The van der Waals surface area contributed by atoms with Crippen LogP contribution < -0.4 is 5.32 Å². The van der Waals surface area contributed by atoms with Crippen LogP contribution in [0.25, 0.3) is 0 Å². The van der Waals surface area contributed by atoms with Crippen molar-refractivity contribution in [1.82, 2.24) is 10.2 Å². The van der Waals surface area contributed by atoms with Gasteiger partial charge < -0.3 is 19.4 Å². The number of nitrogens with zero attached hydrogens (tertiary/aromatic N) is 2. The van der Waals surface area contributed by atoms with E-state index in [1.165, 1.54) is 5.56 Å². The van der Waals surface area contributed by atoms with E-state index in [0.29, 0.717) is 5.92 Å². The summed E-state index contributed by atoms with van der Waals surface area (Å²) in [5.74, 6) is 2.42. The van der Waals surface area contributed by atoms with E-state index in [-0.39, 0.29) is 24.0 Å². The maximum atomic E-state index is 5.47. The molecule has 0 radical (unpaired) electrons. The summed E-state index contributed by atoms with van der Waals surface area (Å²) in [6.07, 6.45) is 3.64. The lowest BCUT2D eigenvalue weighted by Crippen LogP contribution is -2.40. The molecule has 0 spiro atoms. The van der Waals surface area contributed by atoms with Gasteiger partial charge in [-0.15, -0.1) is 24.0 Å². The molecule has 1 N–H and O–H groups in total. The Kier molecular flexibility index (Phi) is 9.64. The Labute approximate surface area is 186 Å². The Bertz CT molecular complexity index is 703. The van der Waals surface area contributed by atoms with Crippen molar-refractivity contribution in [3.63, 3.8) is 0 Å². The average molecular weight is 548 g/mol. The van der Waals surface area contributed by atoms with Gasteiger partial charge in [0.1, 0.15) is 5.76 Å². The zero-order valence-corrected chi connectivity index (χ0v) is 19.5. The number of halogens is 2. The summed E-state index contributed by atoms with van der Waals surface area (Å²) < 4.78 is 12.0. The number of furan rings is 1. The second-order valence-corrected chi connectivity index (χ2v) is 7.45. The summed E-state index contributed by atoms with van der Waals surface area (Å²) in [6.45, 7) is 4.04. The van der Waals surface area contributed by atoms with Gasteiger partial charge in [0.25, 0.3) is 0 Å². The second kappa shape index (κ2) is 11.7. The molecule has 0 amide bonds. The first-order chi connectivity index (χ1) is 12.7. The smallest absolute Gasteiger partial charge is 0.193 e. The number of nitrogens with one attached hydrogen (secondary N) is 1. The highest BCUT2D eigenvalue weighted by molar-refractivity contribution is 14.0. The molecule has 1 atom stereocenters. The Morgan fingerprint density at radius 3 is 2.85 bits per heavy atom. The van der Waals surface area contributed by atoms with E-state index in [9.17, 15) is 0 Å². The van der Waals surface area contributed by atoms with Crippen LogP contribution in [-0.2, 0) is 17.7 Å². The minimum absolute atomic E-state index is 0. The molecule has 1 aliphatic rings. The third-order valence-corrected chi connectivity index (χ3v) is 5.26. The van der Waals surface area contributed by atoms with Crippen LogP contribution >= 0.6 is 39.9 Å². The Balaban J connectivity index is 0.00000261. The van der Waals surface area contributed by atoms with Gasteiger partial charge >= 0.3 is 0 Å². The minimum Gasteiger partial charge on any atom is -0.469 e. The summed E-state index contributed by atoms with van der Waals surface area (Å²) in [7, 11) is 2.07. The molecule has 1 unspecified atom stereocenters. The fourth-order valence-corrected chi connectivity index (χ4v) is 3.37. The van der Waals surface area contributed by atoms with Crippen LogP contribution in [0.1, 0.15) is 17.7 Å². The van der Waals surface area contributed by atoms with Crippen LogP contribution in [0.2, 0.25) is 0 Å².